The lowest BCUT2D eigenvalue weighted by Gasteiger charge is -2.23. The van der Waals surface area contributed by atoms with Gasteiger partial charge in [-0.3, -0.25) is 4.79 Å². The average molecular weight is 527 g/mol. The van der Waals surface area contributed by atoms with Crippen LogP contribution in [0.3, 0.4) is 0 Å². The van der Waals surface area contributed by atoms with E-state index in [0.717, 1.165) is 25.7 Å². The molecule has 0 aliphatic rings. The molecule has 0 aromatic carbocycles. The zero-order chi connectivity index (χ0) is 26.0. The topological polar surface area (TPSA) is 58.6 Å². The molecule has 0 saturated carbocycles. The summed E-state index contributed by atoms with van der Waals surface area (Å²) in [5.74, 6) is 0.0725. The summed E-state index contributed by atoms with van der Waals surface area (Å²) in [6.07, 6.45) is 25.7. The van der Waals surface area contributed by atoms with Gasteiger partial charge in [-0.15, -0.1) is 8.79 Å². The predicted octanol–water partition coefficient (Wildman–Crippen LogP) is 7.50. The van der Waals surface area contributed by atoms with Crippen LogP contribution in [0.25, 0.3) is 0 Å². The van der Waals surface area contributed by atoms with Gasteiger partial charge < -0.3 is 14.8 Å². The van der Waals surface area contributed by atoms with Crippen molar-refractivity contribution < 1.29 is 14.3 Å². The number of rotatable bonds is 27. The normalized spacial score (nSPS) is 13.3. The van der Waals surface area contributed by atoms with Crippen molar-refractivity contribution in [2.24, 2.45) is 0 Å². The van der Waals surface area contributed by atoms with E-state index in [-0.39, 0.29) is 11.9 Å². The number of carbonyl (C=O) groups excluding carboxylic acids is 1. The highest BCUT2D eigenvalue weighted by Crippen LogP contribution is 2.14. The maximum atomic E-state index is 12.5. The van der Waals surface area contributed by atoms with Crippen molar-refractivity contribution in [1.82, 2.24) is 5.32 Å². The number of amides is 1. The Morgan fingerprint density at radius 3 is 1.69 bits per heavy atom. The second-order valence-electron chi connectivity index (χ2n) is 10.4. The van der Waals surface area contributed by atoms with E-state index in [1.165, 1.54) is 103 Å². The highest BCUT2D eigenvalue weighted by molar-refractivity contribution is 7.70. The summed E-state index contributed by atoms with van der Waals surface area (Å²) < 4.78 is 5.62. The molecule has 35 heavy (non-hydrogen) atoms. The molecule has 7 heteroatoms. The van der Waals surface area contributed by atoms with E-state index in [1.807, 2.05) is 0 Å². The van der Waals surface area contributed by atoms with Gasteiger partial charge in [0.05, 0.1) is 26.2 Å². The van der Waals surface area contributed by atoms with E-state index in [9.17, 15) is 9.90 Å². The van der Waals surface area contributed by atoms with Crippen LogP contribution < -0.4 is 5.32 Å². The summed E-state index contributed by atoms with van der Waals surface area (Å²) in [5, 5.41) is 13.6. The van der Waals surface area contributed by atoms with Crippen LogP contribution in [0.5, 0.6) is 0 Å². The van der Waals surface area contributed by atoms with Gasteiger partial charge in [-0.25, -0.2) is 0 Å². The maximum absolute atomic E-state index is 12.5. The molecule has 0 spiro atoms. The maximum Gasteiger partial charge on any atom is 0.220 e. The second kappa shape index (κ2) is 27.1. The lowest BCUT2D eigenvalue weighted by molar-refractivity contribution is -0.122. The van der Waals surface area contributed by atoms with Gasteiger partial charge in [-0.2, -0.15) is 0 Å². The first-order chi connectivity index (χ1) is 17.0. The largest absolute Gasteiger partial charge is 0.420 e. The Labute approximate surface area is 224 Å². The molecular formula is C28H58BNO3PSi. The molecule has 0 aromatic rings. The third kappa shape index (κ3) is 27.0. The van der Waals surface area contributed by atoms with Crippen LogP contribution in [-0.2, 0) is 9.22 Å². The summed E-state index contributed by atoms with van der Waals surface area (Å²) in [6, 6.07) is -0.164. The van der Waals surface area contributed by atoms with Crippen molar-refractivity contribution in [3.05, 3.63) is 0 Å². The minimum absolute atomic E-state index is 0.0725. The number of nitrogens with one attached hydrogen (secondary N) is 1. The van der Waals surface area contributed by atoms with Crippen molar-refractivity contribution in [2.45, 2.75) is 167 Å². The summed E-state index contributed by atoms with van der Waals surface area (Å²) in [5.41, 5.74) is 0. The van der Waals surface area contributed by atoms with Crippen LogP contribution in [0.15, 0.2) is 0 Å². The van der Waals surface area contributed by atoms with Crippen molar-refractivity contribution in [2.75, 3.05) is 6.61 Å². The molecule has 0 fully saturated rings. The monoisotopic (exact) mass is 526 g/mol. The first-order valence-corrected chi connectivity index (χ1v) is 18.3. The zero-order valence-electron chi connectivity index (χ0n) is 23.3. The van der Waals surface area contributed by atoms with Crippen LogP contribution in [0.2, 0.25) is 0 Å². The molecular weight excluding hydrogens is 468 g/mol. The summed E-state index contributed by atoms with van der Waals surface area (Å²) in [4.78, 5) is 12.5. The SMILES string of the molecule is [B][Si](P)OCC(CC(O)CCCCCCCCCC)NC(=O)CCCCCCCCCCCCC. The van der Waals surface area contributed by atoms with E-state index >= 15 is 0 Å². The minimum atomic E-state index is -1.39. The smallest absolute Gasteiger partial charge is 0.220 e. The van der Waals surface area contributed by atoms with Crippen molar-refractivity contribution in [3.63, 3.8) is 0 Å². The first-order valence-electron chi connectivity index (χ1n) is 15.0. The van der Waals surface area contributed by atoms with Gasteiger partial charge in [-0.1, -0.05) is 129 Å². The molecule has 3 unspecified atom stereocenters. The third-order valence-corrected chi connectivity index (χ3v) is 7.77. The fraction of sp³-hybridized carbons (Fsp3) is 0.964. The Hall–Kier alpha value is 0.102. The molecule has 0 aliphatic heterocycles. The standard InChI is InChI=1S/C28H58BNO3PSi/c1-3-5-7-9-11-13-14-15-17-19-21-23-28(32)30-26(25-33-35(29)34)24-27(31)22-20-18-16-12-10-8-6-4-2/h26-27,31H,3-25,34H2,1-2H3,(H,30,32). The van der Waals surface area contributed by atoms with Gasteiger partial charge in [0.15, 0.2) is 8.58 Å². The van der Waals surface area contributed by atoms with Crippen LogP contribution in [-0.4, -0.2) is 45.8 Å². The van der Waals surface area contributed by atoms with E-state index < -0.39 is 14.7 Å². The van der Waals surface area contributed by atoms with Crippen molar-refractivity contribution >= 4 is 30.7 Å². The first kappa shape index (κ1) is 35.1. The molecule has 3 radical (unpaired) electrons. The van der Waals surface area contributed by atoms with Crippen LogP contribution >= 0.6 is 8.79 Å². The van der Waals surface area contributed by atoms with Gasteiger partial charge >= 0.3 is 0 Å². The van der Waals surface area contributed by atoms with E-state index in [1.54, 1.807) is 0 Å². The Kier molecular flexibility index (Phi) is 27.2. The van der Waals surface area contributed by atoms with Crippen molar-refractivity contribution in [1.29, 1.82) is 0 Å². The lowest BCUT2D eigenvalue weighted by Crippen LogP contribution is -2.41. The Morgan fingerprint density at radius 2 is 1.23 bits per heavy atom. The summed E-state index contributed by atoms with van der Waals surface area (Å²) in [7, 11) is 6.93. The van der Waals surface area contributed by atoms with Crippen molar-refractivity contribution in [3.8, 4) is 0 Å². The van der Waals surface area contributed by atoms with Crippen LogP contribution in [0.1, 0.15) is 155 Å². The van der Waals surface area contributed by atoms with Gasteiger partial charge in [-0.05, 0) is 19.3 Å². The molecule has 0 saturated heterocycles. The number of carbonyl (C=O) groups is 1. The molecule has 4 nitrogen and oxygen atoms in total. The Morgan fingerprint density at radius 1 is 0.800 bits per heavy atom. The summed E-state index contributed by atoms with van der Waals surface area (Å²) in [6.45, 7) is 4.89. The highest BCUT2D eigenvalue weighted by Gasteiger charge is 2.18. The fourth-order valence-electron chi connectivity index (χ4n) is 4.58. The number of aliphatic hydroxyl groups excluding tert-OH is 1. The lowest BCUT2D eigenvalue weighted by atomic mass is 10.0. The quantitative estimate of drug-likeness (QED) is 0.0662. The molecule has 0 bridgehead atoms. The van der Waals surface area contributed by atoms with Gasteiger partial charge in [0, 0.05) is 6.42 Å². The predicted molar refractivity (Wildman–Crippen MR) is 158 cm³/mol. The highest BCUT2D eigenvalue weighted by atomic mass is 31.3. The van der Waals surface area contributed by atoms with Gasteiger partial charge in [0.2, 0.25) is 5.91 Å². The Balaban J connectivity index is 3.94. The molecule has 0 heterocycles. The van der Waals surface area contributed by atoms with Gasteiger partial charge in [0.1, 0.15) is 0 Å². The zero-order valence-corrected chi connectivity index (χ0v) is 25.5. The molecule has 205 valence electrons. The van der Waals surface area contributed by atoms with E-state index in [0.29, 0.717) is 19.4 Å². The Bertz CT molecular complexity index is 460. The molecule has 0 aliphatic carbocycles. The summed E-state index contributed by atoms with van der Waals surface area (Å²) >= 11 is 0. The molecule has 0 rings (SSSR count). The minimum Gasteiger partial charge on any atom is -0.420 e. The number of hydrogen-bond acceptors (Lipinski definition) is 3. The molecule has 0 aromatic heterocycles. The van der Waals surface area contributed by atoms with Crippen LogP contribution in [0, 0.1) is 0 Å². The molecule has 2 N–H and O–H groups in total. The molecule has 3 atom stereocenters. The average Bonchev–Trinajstić information content (AvgIpc) is 2.82. The van der Waals surface area contributed by atoms with Crippen LogP contribution in [0.4, 0.5) is 0 Å². The molecule has 1 amide bonds. The van der Waals surface area contributed by atoms with E-state index in [2.05, 4.69) is 28.0 Å². The number of unbranched alkanes of at least 4 members (excludes halogenated alkanes) is 17. The van der Waals surface area contributed by atoms with E-state index in [4.69, 9.17) is 11.9 Å². The third-order valence-electron chi connectivity index (χ3n) is 6.77. The number of hydrogen-bond donors (Lipinski definition) is 2. The second-order valence-corrected chi connectivity index (χ2v) is 13.2. The fourth-order valence-corrected chi connectivity index (χ4v) is 5.26. The van der Waals surface area contributed by atoms with Gasteiger partial charge in [0.25, 0.3) is 0 Å². The number of aliphatic hydroxyl groups is 1.